The minimum atomic E-state index is 0.0543. The Balaban J connectivity index is 2.00. The Hall–Kier alpha value is -1.44. The molecule has 0 saturated carbocycles. The fourth-order valence-electron chi connectivity index (χ4n) is 4.87. The second kappa shape index (κ2) is 8.29. The van der Waals surface area contributed by atoms with Gasteiger partial charge in [0, 0.05) is 5.92 Å². The van der Waals surface area contributed by atoms with Crippen LogP contribution < -0.4 is 4.74 Å². The van der Waals surface area contributed by atoms with E-state index in [1.807, 2.05) is 6.07 Å². The molecule has 0 fully saturated rings. The highest BCUT2D eigenvalue weighted by Crippen LogP contribution is 2.49. The third-order valence-electron chi connectivity index (χ3n) is 6.93. The van der Waals surface area contributed by atoms with E-state index in [1.165, 1.54) is 48.8 Å². The van der Waals surface area contributed by atoms with Gasteiger partial charge in [-0.3, -0.25) is 0 Å². The maximum Gasteiger partial charge on any atom is 0.130 e. The molecule has 3 rings (SSSR count). The highest BCUT2D eigenvalue weighted by Gasteiger charge is 2.32. The van der Waals surface area contributed by atoms with E-state index in [4.69, 9.17) is 4.74 Å². The molecule has 150 valence electrons. The van der Waals surface area contributed by atoms with Gasteiger partial charge in [0.25, 0.3) is 0 Å². The molecule has 1 N–H and O–H groups in total. The molecular weight excluding hydrogens is 332 g/mol. The van der Waals surface area contributed by atoms with E-state index in [0.717, 1.165) is 43.1 Å². The molecule has 0 radical (unpaired) electrons. The molecule has 2 atom stereocenters. The number of ether oxygens (including phenoxy) is 1. The molecule has 1 aromatic carbocycles. The lowest BCUT2D eigenvalue weighted by molar-refractivity contribution is 0.276. The molecule has 0 saturated heterocycles. The van der Waals surface area contributed by atoms with Crippen LogP contribution in [0.4, 0.5) is 0 Å². The molecule has 0 aromatic heterocycles. The van der Waals surface area contributed by atoms with Gasteiger partial charge in [0.1, 0.15) is 11.5 Å². The number of fused-ring (bicyclic) bond motifs is 2. The van der Waals surface area contributed by atoms with Gasteiger partial charge in [-0.25, -0.2) is 0 Å². The van der Waals surface area contributed by atoms with Gasteiger partial charge < -0.3 is 9.84 Å². The summed E-state index contributed by atoms with van der Waals surface area (Å²) in [4.78, 5) is 0. The van der Waals surface area contributed by atoms with E-state index in [1.54, 1.807) is 0 Å². The molecule has 2 unspecified atom stereocenters. The fraction of sp³-hybridized carbons (Fsp3) is 0.680. The second-order valence-corrected chi connectivity index (χ2v) is 9.44. The van der Waals surface area contributed by atoms with Gasteiger partial charge >= 0.3 is 0 Å². The zero-order chi connectivity index (χ0) is 19.6. The summed E-state index contributed by atoms with van der Waals surface area (Å²) in [5, 5.41) is 11.1. The quantitative estimate of drug-likeness (QED) is 0.535. The first kappa shape index (κ1) is 20.3. The summed E-state index contributed by atoms with van der Waals surface area (Å²) < 4.78 is 6.26. The molecule has 2 heteroatoms. The number of rotatable bonds is 6. The Morgan fingerprint density at radius 2 is 1.96 bits per heavy atom. The van der Waals surface area contributed by atoms with Gasteiger partial charge in [-0.05, 0) is 60.3 Å². The fourth-order valence-corrected chi connectivity index (χ4v) is 4.87. The molecule has 1 aliphatic carbocycles. The summed E-state index contributed by atoms with van der Waals surface area (Å²) >= 11 is 0. The summed E-state index contributed by atoms with van der Waals surface area (Å²) in [6.45, 7) is 12.1. The lowest BCUT2D eigenvalue weighted by Gasteiger charge is -2.29. The summed E-state index contributed by atoms with van der Waals surface area (Å²) in [5.41, 5.74) is 5.14. The first-order valence-corrected chi connectivity index (χ1v) is 11.1. The maximum absolute atomic E-state index is 11.1. The van der Waals surface area contributed by atoms with E-state index >= 15 is 0 Å². The number of hydrogen-bond donors (Lipinski definition) is 1. The van der Waals surface area contributed by atoms with E-state index in [2.05, 4.69) is 40.7 Å². The molecule has 1 aromatic rings. The van der Waals surface area contributed by atoms with E-state index < -0.39 is 0 Å². The summed E-state index contributed by atoms with van der Waals surface area (Å²) in [7, 11) is 0. The molecule has 1 aliphatic heterocycles. The van der Waals surface area contributed by atoms with Crippen molar-refractivity contribution in [2.45, 2.75) is 91.4 Å². The number of unbranched alkanes of at least 4 members (excludes halogenated alkanes) is 2. The Labute approximate surface area is 166 Å². The van der Waals surface area contributed by atoms with Crippen molar-refractivity contribution >= 4 is 5.57 Å². The van der Waals surface area contributed by atoms with Crippen molar-refractivity contribution in [1.29, 1.82) is 0 Å². The Morgan fingerprint density at radius 3 is 2.67 bits per heavy atom. The van der Waals surface area contributed by atoms with Crippen molar-refractivity contribution in [3.63, 3.8) is 0 Å². The number of allylic oxidation sites excluding steroid dienone is 1. The van der Waals surface area contributed by atoms with Crippen molar-refractivity contribution in [3.8, 4) is 11.5 Å². The van der Waals surface area contributed by atoms with Crippen molar-refractivity contribution < 1.29 is 9.84 Å². The van der Waals surface area contributed by atoms with Crippen LogP contribution in [0.25, 0.3) is 5.57 Å². The summed E-state index contributed by atoms with van der Waals surface area (Å²) in [6, 6.07) is 4.24. The Kier molecular flexibility index (Phi) is 6.23. The van der Waals surface area contributed by atoms with Crippen LogP contribution in [0.2, 0.25) is 0 Å². The maximum atomic E-state index is 11.1. The van der Waals surface area contributed by atoms with E-state index in [9.17, 15) is 5.11 Å². The van der Waals surface area contributed by atoms with Gasteiger partial charge in [0.05, 0.1) is 12.2 Å². The van der Waals surface area contributed by atoms with Crippen molar-refractivity contribution in [2.24, 2.45) is 11.8 Å². The third-order valence-corrected chi connectivity index (χ3v) is 6.93. The van der Waals surface area contributed by atoms with Gasteiger partial charge in [-0.1, -0.05) is 65.9 Å². The molecule has 2 nitrogen and oxygen atoms in total. The molecule has 0 spiro atoms. The Bertz CT molecular complexity index is 699. The van der Waals surface area contributed by atoms with Gasteiger partial charge in [-0.15, -0.1) is 0 Å². The average Bonchev–Trinajstić information content (AvgIpc) is 2.78. The molecule has 0 amide bonds. The average molecular weight is 371 g/mol. The predicted octanol–water partition coefficient (Wildman–Crippen LogP) is 7.24. The SMILES string of the molecule is CCCCCC(C)(C)c1cc(O)c2c(c1)OCC(C)C1=C2CC(CC)CC1. The summed E-state index contributed by atoms with van der Waals surface area (Å²) in [6.07, 6.45) is 9.60. The van der Waals surface area contributed by atoms with Gasteiger partial charge in [0.2, 0.25) is 0 Å². The van der Waals surface area contributed by atoms with E-state index in [0.29, 0.717) is 11.7 Å². The van der Waals surface area contributed by atoms with Crippen LogP contribution in [0.3, 0.4) is 0 Å². The zero-order valence-electron chi connectivity index (χ0n) is 18.0. The summed E-state index contributed by atoms with van der Waals surface area (Å²) in [5.74, 6) is 2.49. The topological polar surface area (TPSA) is 29.5 Å². The lowest BCUT2D eigenvalue weighted by atomic mass is 9.75. The van der Waals surface area contributed by atoms with Crippen LogP contribution in [0.5, 0.6) is 11.5 Å². The largest absolute Gasteiger partial charge is 0.507 e. The third kappa shape index (κ3) is 4.20. The minimum Gasteiger partial charge on any atom is -0.507 e. The monoisotopic (exact) mass is 370 g/mol. The molecular formula is C25H38O2. The normalized spacial score (nSPS) is 22.7. The molecule has 0 bridgehead atoms. The van der Waals surface area contributed by atoms with Crippen molar-refractivity contribution in [1.82, 2.24) is 0 Å². The first-order valence-electron chi connectivity index (χ1n) is 11.1. The minimum absolute atomic E-state index is 0.0543. The molecule has 27 heavy (non-hydrogen) atoms. The van der Waals surface area contributed by atoms with Crippen LogP contribution in [-0.2, 0) is 5.41 Å². The van der Waals surface area contributed by atoms with Crippen molar-refractivity contribution in [2.75, 3.05) is 6.61 Å². The van der Waals surface area contributed by atoms with Crippen LogP contribution in [0.1, 0.15) is 97.1 Å². The van der Waals surface area contributed by atoms with Gasteiger partial charge in [0.15, 0.2) is 0 Å². The van der Waals surface area contributed by atoms with Crippen molar-refractivity contribution in [3.05, 3.63) is 28.8 Å². The van der Waals surface area contributed by atoms with Crippen LogP contribution >= 0.6 is 0 Å². The number of phenolic OH excluding ortho intramolecular Hbond substituents is 1. The predicted molar refractivity (Wildman–Crippen MR) is 114 cm³/mol. The number of phenols is 1. The molecule has 2 aliphatic rings. The Morgan fingerprint density at radius 1 is 1.19 bits per heavy atom. The highest BCUT2D eigenvalue weighted by atomic mass is 16.5. The van der Waals surface area contributed by atoms with Crippen LogP contribution in [-0.4, -0.2) is 11.7 Å². The standard InChI is InChI=1S/C25H38O2/c1-6-8-9-12-25(4,5)19-14-22(26)24-21-13-18(7-2)10-11-20(21)17(3)16-27-23(24)15-19/h14-15,17-18,26H,6-13,16H2,1-5H3. The number of hydrogen-bond acceptors (Lipinski definition) is 2. The first-order chi connectivity index (χ1) is 12.9. The highest BCUT2D eigenvalue weighted by molar-refractivity contribution is 5.79. The smallest absolute Gasteiger partial charge is 0.130 e. The zero-order valence-corrected chi connectivity index (χ0v) is 18.0. The van der Waals surface area contributed by atoms with Crippen LogP contribution in [0, 0.1) is 11.8 Å². The van der Waals surface area contributed by atoms with Gasteiger partial charge in [-0.2, -0.15) is 0 Å². The second-order valence-electron chi connectivity index (χ2n) is 9.44. The number of benzene rings is 1. The molecule has 1 heterocycles. The lowest BCUT2D eigenvalue weighted by Crippen LogP contribution is -2.17. The van der Waals surface area contributed by atoms with Crippen LogP contribution in [0.15, 0.2) is 17.7 Å². The number of aromatic hydroxyl groups is 1. The van der Waals surface area contributed by atoms with E-state index in [-0.39, 0.29) is 5.41 Å².